The lowest BCUT2D eigenvalue weighted by Crippen LogP contribution is -2.32. The molecule has 0 bridgehead atoms. The van der Waals surface area contributed by atoms with Crippen LogP contribution in [0.4, 0.5) is 0 Å². The standard InChI is InChI=1S/C10H18O3/c1-2-4-9(5-3-1)13-12-8-10-6-7-11-10/h9-10H,1-8H2. The third-order valence-corrected chi connectivity index (χ3v) is 2.80. The smallest absolute Gasteiger partial charge is 0.108 e. The quantitative estimate of drug-likeness (QED) is 0.497. The summed E-state index contributed by atoms with van der Waals surface area (Å²) in [6.45, 7) is 1.49. The highest BCUT2D eigenvalue weighted by atomic mass is 17.2. The normalized spacial score (nSPS) is 30.0. The summed E-state index contributed by atoms with van der Waals surface area (Å²) in [5.74, 6) is 0. The van der Waals surface area contributed by atoms with Crippen LogP contribution in [0.25, 0.3) is 0 Å². The van der Waals surface area contributed by atoms with Crippen molar-refractivity contribution in [1.29, 1.82) is 0 Å². The van der Waals surface area contributed by atoms with E-state index in [0.717, 1.165) is 25.9 Å². The van der Waals surface area contributed by atoms with Gasteiger partial charge in [0.15, 0.2) is 0 Å². The predicted octanol–water partition coefficient (Wildman–Crippen LogP) is 2.06. The van der Waals surface area contributed by atoms with Crippen LogP contribution in [0.15, 0.2) is 0 Å². The van der Waals surface area contributed by atoms with E-state index in [1.807, 2.05) is 0 Å². The van der Waals surface area contributed by atoms with Crippen LogP contribution in [0.3, 0.4) is 0 Å². The summed E-state index contributed by atoms with van der Waals surface area (Å²) in [4.78, 5) is 10.5. The first kappa shape index (κ1) is 9.44. The molecule has 76 valence electrons. The summed E-state index contributed by atoms with van der Waals surface area (Å²) >= 11 is 0. The zero-order valence-corrected chi connectivity index (χ0v) is 8.04. The molecule has 0 spiro atoms. The van der Waals surface area contributed by atoms with Gasteiger partial charge in [0.05, 0.1) is 12.2 Å². The molecular weight excluding hydrogens is 168 g/mol. The molecule has 2 aliphatic rings. The molecule has 1 saturated heterocycles. The Labute approximate surface area is 79.3 Å². The molecule has 1 aliphatic carbocycles. The summed E-state index contributed by atoms with van der Waals surface area (Å²) in [7, 11) is 0. The van der Waals surface area contributed by atoms with Gasteiger partial charge in [0.2, 0.25) is 0 Å². The molecule has 0 radical (unpaired) electrons. The Kier molecular flexibility index (Phi) is 3.58. The van der Waals surface area contributed by atoms with Gasteiger partial charge in [0.25, 0.3) is 0 Å². The van der Waals surface area contributed by atoms with Crippen LogP contribution in [0.2, 0.25) is 0 Å². The lowest BCUT2D eigenvalue weighted by atomic mass is 9.98. The van der Waals surface area contributed by atoms with Crippen LogP contribution >= 0.6 is 0 Å². The summed E-state index contributed by atoms with van der Waals surface area (Å²) in [6, 6.07) is 0. The lowest BCUT2D eigenvalue weighted by Gasteiger charge is -2.27. The van der Waals surface area contributed by atoms with E-state index in [9.17, 15) is 0 Å². The largest absolute Gasteiger partial charge is 0.376 e. The maximum Gasteiger partial charge on any atom is 0.108 e. The topological polar surface area (TPSA) is 27.7 Å². The molecule has 0 aromatic carbocycles. The van der Waals surface area contributed by atoms with Gasteiger partial charge in [-0.2, -0.15) is 0 Å². The second-order valence-electron chi connectivity index (χ2n) is 3.92. The molecule has 2 rings (SSSR count). The molecule has 0 aromatic heterocycles. The van der Waals surface area contributed by atoms with Crippen molar-refractivity contribution >= 4 is 0 Å². The van der Waals surface area contributed by atoms with E-state index in [0.29, 0.717) is 18.8 Å². The molecule has 1 heterocycles. The van der Waals surface area contributed by atoms with Gasteiger partial charge in [-0.25, -0.2) is 9.78 Å². The molecule has 3 heteroatoms. The highest BCUT2D eigenvalue weighted by Crippen LogP contribution is 2.21. The monoisotopic (exact) mass is 186 g/mol. The first-order valence-corrected chi connectivity index (χ1v) is 5.35. The van der Waals surface area contributed by atoms with E-state index >= 15 is 0 Å². The van der Waals surface area contributed by atoms with Gasteiger partial charge in [0, 0.05) is 6.61 Å². The van der Waals surface area contributed by atoms with E-state index in [1.54, 1.807) is 0 Å². The summed E-state index contributed by atoms with van der Waals surface area (Å²) in [5.41, 5.74) is 0. The Morgan fingerprint density at radius 2 is 1.85 bits per heavy atom. The minimum atomic E-state index is 0.295. The molecule has 1 atom stereocenters. The molecule has 2 fully saturated rings. The van der Waals surface area contributed by atoms with Crippen molar-refractivity contribution < 1.29 is 14.5 Å². The molecule has 1 unspecified atom stereocenters. The number of hydrogen-bond donors (Lipinski definition) is 0. The van der Waals surface area contributed by atoms with Crippen molar-refractivity contribution in [1.82, 2.24) is 0 Å². The molecule has 0 aromatic rings. The molecule has 1 aliphatic heterocycles. The average molecular weight is 186 g/mol. The molecular formula is C10H18O3. The summed E-state index contributed by atoms with van der Waals surface area (Å²) < 4.78 is 5.22. The van der Waals surface area contributed by atoms with Gasteiger partial charge in [-0.1, -0.05) is 19.3 Å². The van der Waals surface area contributed by atoms with Crippen LogP contribution < -0.4 is 0 Å². The minimum Gasteiger partial charge on any atom is -0.376 e. The third-order valence-electron chi connectivity index (χ3n) is 2.80. The maximum absolute atomic E-state index is 5.31. The van der Waals surface area contributed by atoms with Gasteiger partial charge in [-0.05, 0) is 19.3 Å². The van der Waals surface area contributed by atoms with E-state index in [4.69, 9.17) is 14.5 Å². The minimum absolute atomic E-state index is 0.295. The Hall–Kier alpha value is -0.120. The molecule has 0 amide bonds. The lowest BCUT2D eigenvalue weighted by molar-refractivity contribution is -0.344. The fraction of sp³-hybridized carbons (Fsp3) is 1.00. The highest BCUT2D eigenvalue weighted by molar-refractivity contribution is 4.65. The van der Waals surface area contributed by atoms with Crippen molar-refractivity contribution in [2.24, 2.45) is 0 Å². The van der Waals surface area contributed by atoms with Crippen LogP contribution in [0, 0.1) is 0 Å². The van der Waals surface area contributed by atoms with E-state index in [2.05, 4.69) is 0 Å². The van der Waals surface area contributed by atoms with E-state index in [1.165, 1.54) is 19.3 Å². The number of rotatable bonds is 4. The average Bonchev–Trinajstić information content (AvgIpc) is 2.11. The second kappa shape index (κ2) is 4.94. The molecule has 1 saturated carbocycles. The SMILES string of the molecule is C1CCC(OOCC2CCO2)CC1. The Bertz CT molecular complexity index is 139. The first-order chi connectivity index (χ1) is 6.45. The van der Waals surface area contributed by atoms with Gasteiger partial charge < -0.3 is 4.74 Å². The van der Waals surface area contributed by atoms with Crippen molar-refractivity contribution in [2.45, 2.75) is 50.7 Å². The number of hydrogen-bond acceptors (Lipinski definition) is 3. The van der Waals surface area contributed by atoms with Crippen molar-refractivity contribution in [3.05, 3.63) is 0 Å². The molecule has 0 N–H and O–H groups in total. The predicted molar refractivity (Wildman–Crippen MR) is 48.3 cm³/mol. The van der Waals surface area contributed by atoms with E-state index in [-0.39, 0.29) is 0 Å². The van der Waals surface area contributed by atoms with E-state index < -0.39 is 0 Å². The zero-order valence-electron chi connectivity index (χ0n) is 8.04. The van der Waals surface area contributed by atoms with Crippen LogP contribution in [-0.2, 0) is 14.5 Å². The number of ether oxygens (including phenoxy) is 1. The molecule has 13 heavy (non-hydrogen) atoms. The summed E-state index contributed by atoms with van der Waals surface area (Å²) in [5, 5.41) is 0. The Morgan fingerprint density at radius 3 is 2.46 bits per heavy atom. The Balaban J connectivity index is 1.50. The van der Waals surface area contributed by atoms with Crippen molar-refractivity contribution in [3.8, 4) is 0 Å². The van der Waals surface area contributed by atoms with Crippen LogP contribution in [0.5, 0.6) is 0 Å². The van der Waals surface area contributed by atoms with Gasteiger partial charge in [0.1, 0.15) is 6.61 Å². The highest BCUT2D eigenvalue weighted by Gasteiger charge is 2.20. The van der Waals surface area contributed by atoms with Crippen molar-refractivity contribution in [3.63, 3.8) is 0 Å². The van der Waals surface area contributed by atoms with Gasteiger partial charge >= 0.3 is 0 Å². The fourth-order valence-electron chi connectivity index (χ4n) is 1.79. The zero-order chi connectivity index (χ0) is 8.93. The maximum atomic E-state index is 5.31. The van der Waals surface area contributed by atoms with Crippen LogP contribution in [0.1, 0.15) is 38.5 Å². The fourth-order valence-corrected chi connectivity index (χ4v) is 1.79. The second-order valence-corrected chi connectivity index (χ2v) is 3.92. The summed E-state index contributed by atoms with van der Waals surface area (Å²) in [6.07, 6.45) is 8.00. The Morgan fingerprint density at radius 1 is 1.08 bits per heavy atom. The van der Waals surface area contributed by atoms with Crippen molar-refractivity contribution in [2.75, 3.05) is 13.2 Å². The van der Waals surface area contributed by atoms with Gasteiger partial charge in [-0.3, -0.25) is 0 Å². The van der Waals surface area contributed by atoms with Gasteiger partial charge in [-0.15, -0.1) is 0 Å². The van der Waals surface area contributed by atoms with Crippen LogP contribution in [-0.4, -0.2) is 25.4 Å². The molecule has 3 nitrogen and oxygen atoms in total. The third kappa shape index (κ3) is 2.93. The first-order valence-electron chi connectivity index (χ1n) is 5.35.